The predicted molar refractivity (Wildman–Crippen MR) is 160 cm³/mol. The van der Waals surface area contributed by atoms with Gasteiger partial charge >= 0.3 is 12.2 Å². The van der Waals surface area contributed by atoms with E-state index in [4.69, 9.17) is 10.5 Å². The topological polar surface area (TPSA) is 198 Å². The van der Waals surface area contributed by atoms with Crippen molar-refractivity contribution in [2.24, 2.45) is 10.7 Å². The third-order valence-electron chi connectivity index (χ3n) is 7.03. The van der Waals surface area contributed by atoms with Gasteiger partial charge in [0.05, 0.1) is 11.7 Å². The largest absolute Gasteiger partial charge is 0.465 e. The Morgan fingerprint density at radius 1 is 1.20 bits per heavy atom. The van der Waals surface area contributed by atoms with Crippen LogP contribution in [0.15, 0.2) is 83.2 Å². The van der Waals surface area contributed by atoms with Crippen LogP contribution in [0, 0.1) is 0 Å². The molecule has 0 saturated carbocycles. The number of hydrogen-bond acceptors (Lipinski definition) is 7. The van der Waals surface area contributed by atoms with Gasteiger partial charge in [-0.2, -0.15) is 4.99 Å². The molecule has 2 aromatic carbocycles. The quantitative estimate of drug-likeness (QED) is 0.110. The molecular formula is C30H31N7O7. The predicted octanol–water partition coefficient (Wildman–Crippen LogP) is 2.18. The van der Waals surface area contributed by atoms with Gasteiger partial charge < -0.3 is 26.2 Å². The van der Waals surface area contributed by atoms with Crippen LogP contribution in [0.25, 0.3) is 0 Å². The minimum absolute atomic E-state index is 0.00407. The molecule has 2 heterocycles. The van der Waals surface area contributed by atoms with Gasteiger partial charge in [-0.15, -0.1) is 6.58 Å². The summed E-state index contributed by atoms with van der Waals surface area (Å²) >= 11 is 0. The number of nitrogens with two attached hydrogens (primary N) is 1. The zero-order valence-corrected chi connectivity index (χ0v) is 23.8. The van der Waals surface area contributed by atoms with Gasteiger partial charge in [-0.05, 0) is 18.1 Å². The van der Waals surface area contributed by atoms with E-state index in [0.717, 1.165) is 21.2 Å². The fourth-order valence-corrected chi connectivity index (χ4v) is 4.80. The van der Waals surface area contributed by atoms with E-state index in [0.29, 0.717) is 17.5 Å². The Balaban J connectivity index is 1.46. The zero-order valence-electron chi connectivity index (χ0n) is 23.8. The Hall–Kier alpha value is -5.79. The first-order chi connectivity index (χ1) is 21.1. The van der Waals surface area contributed by atoms with Crippen LogP contribution in [0.1, 0.15) is 41.9 Å². The van der Waals surface area contributed by atoms with E-state index in [2.05, 4.69) is 27.2 Å². The summed E-state index contributed by atoms with van der Waals surface area (Å²) in [6.45, 7) is 5.09. The number of carbonyl (C=O) groups is 4. The highest BCUT2D eigenvalue weighted by molar-refractivity contribution is 6.02. The van der Waals surface area contributed by atoms with Crippen LogP contribution in [0.4, 0.5) is 15.3 Å². The van der Waals surface area contributed by atoms with Gasteiger partial charge in [-0.25, -0.2) is 14.6 Å². The van der Waals surface area contributed by atoms with E-state index in [-0.39, 0.29) is 43.5 Å². The minimum atomic E-state index is -1.39. The molecule has 2 atom stereocenters. The fraction of sp³-hybridized carbons (Fsp3) is 0.233. The van der Waals surface area contributed by atoms with Crippen LogP contribution in [-0.4, -0.2) is 51.5 Å². The van der Waals surface area contributed by atoms with Crippen LogP contribution < -0.4 is 26.8 Å². The van der Waals surface area contributed by atoms with Crippen LogP contribution in [0.5, 0.6) is 0 Å². The molecule has 0 radical (unpaired) electrons. The number of amides is 4. The summed E-state index contributed by atoms with van der Waals surface area (Å²) in [6.07, 6.45) is 0.650. The maximum absolute atomic E-state index is 13.5. The van der Waals surface area contributed by atoms with Crippen molar-refractivity contribution in [2.75, 3.05) is 11.4 Å². The van der Waals surface area contributed by atoms with Crippen LogP contribution >= 0.6 is 0 Å². The molecule has 3 aromatic rings. The summed E-state index contributed by atoms with van der Waals surface area (Å²) in [6, 6.07) is 14.7. The normalized spacial score (nSPS) is 17.2. The lowest BCUT2D eigenvalue weighted by molar-refractivity contribution is -0.125. The number of carboxylic acid groups (broad SMARTS) is 1. The first kappa shape index (κ1) is 31.2. The SMILES string of the molecule is C=CCN(C(=O)O)c1cnc2n(c1=O)C(C(=O)NCc1ccc(/C(N)=N\C(=O)OCc3ccccc3)cc1)CC2(C)NC=O. The number of ether oxygens (including phenoxy) is 1. The van der Waals surface area contributed by atoms with E-state index >= 15 is 0 Å². The minimum Gasteiger partial charge on any atom is -0.465 e. The number of nitrogens with one attached hydrogen (secondary N) is 2. The Kier molecular flexibility index (Phi) is 9.53. The maximum atomic E-state index is 13.5. The Labute approximate surface area is 251 Å². The number of hydrogen-bond donors (Lipinski definition) is 4. The van der Waals surface area contributed by atoms with Gasteiger partial charge in [-0.1, -0.05) is 60.7 Å². The summed E-state index contributed by atoms with van der Waals surface area (Å²) in [5, 5.41) is 15.0. The molecule has 1 aromatic heterocycles. The standard InChI is InChI=1S/C30H31N7O7/c1-3-13-36(29(42)43)23-16-33-27-30(2,34-18-38)14-22(37(27)26(23)40)25(39)32-15-19-9-11-21(12-10-19)24(31)35-28(41)44-17-20-7-5-4-6-8-20/h3-12,16,18,22H,1,13-15,17H2,2H3,(H,32,39)(H,34,38)(H,42,43)(H2,31,35,41). The van der Waals surface area contributed by atoms with E-state index in [1.54, 1.807) is 31.2 Å². The van der Waals surface area contributed by atoms with Gasteiger partial charge in [0.15, 0.2) is 0 Å². The molecule has 44 heavy (non-hydrogen) atoms. The summed E-state index contributed by atoms with van der Waals surface area (Å²) in [5.74, 6) is -0.470. The summed E-state index contributed by atoms with van der Waals surface area (Å²) in [7, 11) is 0. The van der Waals surface area contributed by atoms with Crippen molar-refractivity contribution in [2.45, 2.75) is 38.1 Å². The molecule has 0 bridgehead atoms. The zero-order chi connectivity index (χ0) is 31.9. The van der Waals surface area contributed by atoms with E-state index < -0.39 is 35.2 Å². The first-order valence-corrected chi connectivity index (χ1v) is 13.4. The van der Waals surface area contributed by atoms with E-state index in [1.165, 1.54) is 6.08 Å². The van der Waals surface area contributed by atoms with Crippen LogP contribution in [0.3, 0.4) is 0 Å². The van der Waals surface area contributed by atoms with E-state index in [1.807, 2.05) is 30.3 Å². The number of carbonyl (C=O) groups excluding carboxylic acids is 3. The molecule has 4 rings (SSSR count). The van der Waals surface area contributed by atoms with Gasteiger partial charge in [0.25, 0.3) is 5.56 Å². The number of nitrogens with zero attached hydrogens (tertiary/aromatic N) is 4. The smallest absolute Gasteiger partial charge is 0.435 e. The number of aromatic nitrogens is 2. The van der Waals surface area contributed by atoms with Gasteiger partial charge in [0, 0.05) is 25.1 Å². The second-order valence-electron chi connectivity index (χ2n) is 10.1. The molecule has 14 nitrogen and oxygen atoms in total. The van der Waals surface area contributed by atoms with Crippen molar-refractivity contribution in [3.63, 3.8) is 0 Å². The van der Waals surface area contributed by atoms with Crippen LogP contribution in [0.2, 0.25) is 0 Å². The number of rotatable bonds is 11. The van der Waals surface area contributed by atoms with Crippen molar-refractivity contribution >= 4 is 36.0 Å². The van der Waals surface area contributed by atoms with Crippen LogP contribution in [-0.2, 0) is 33.0 Å². The molecule has 0 aliphatic carbocycles. The first-order valence-electron chi connectivity index (χ1n) is 13.4. The lowest BCUT2D eigenvalue weighted by Crippen LogP contribution is -2.41. The second kappa shape index (κ2) is 13.5. The molecule has 0 fully saturated rings. The average Bonchev–Trinajstić information content (AvgIpc) is 3.31. The summed E-state index contributed by atoms with van der Waals surface area (Å²) in [5.41, 5.74) is 5.75. The average molecular weight is 602 g/mol. The Morgan fingerprint density at radius 2 is 1.91 bits per heavy atom. The molecule has 14 heteroatoms. The summed E-state index contributed by atoms with van der Waals surface area (Å²) in [4.78, 5) is 70.9. The number of anilines is 1. The number of fused-ring (bicyclic) bond motifs is 1. The Morgan fingerprint density at radius 3 is 2.55 bits per heavy atom. The maximum Gasteiger partial charge on any atom is 0.435 e. The lowest BCUT2D eigenvalue weighted by atomic mass is 9.96. The molecule has 0 spiro atoms. The highest BCUT2D eigenvalue weighted by Gasteiger charge is 2.46. The third kappa shape index (κ3) is 6.81. The fourth-order valence-electron chi connectivity index (χ4n) is 4.80. The third-order valence-corrected chi connectivity index (χ3v) is 7.03. The van der Waals surface area contributed by atoms with Gasteiger partial charge in [0.1, 0.15) is 30.0 Å². The van der Waals surface area contributed by atoms with E-state index in [9.17, 15) is 29.1 Å². The van der Waals surface area contributed by atoms with Crippen molar-refractivity contribution in [3.05, 3.63) is 106 Å². The highest BCUT2D eigenvalue weighted by Crippen LogP contribution is 2.37. The second-order valence-corrected chi connectivity index (χ2v) is 10.1. The molecule has 0 saturated heterocycles. The number of benzene rings is 2. The molecule has 228 valence electrons. The van der Waals surface area contributed by atoms with Gasteiger partial charge in [0.2, 0.25) is 12.3 Å². The summed E-state index contributed by atoms with van der Waals surface area (Å²) < 4.78 is 6.23. The molecule has 1 aliphatic rings. The van der Waals surface area contributed by atoms with Crippen molar-refractivity contribution < 1.29 is 29.0 Å². The molecule has 5 N–H and O–H groups in total. The molecular weight excluding hydrogens is 570 g/mol. The number of amidine groups is 1. The lowest BCUT2D eigenvalue weighted by Gasteiger charge is -2.23. The monoisotopic (exact) mass is 601 g/mol. The van der Waals surface area contributed by atoms with Crippen molar-refractivity contribution in [1.82, 2.24) is 20.2 Å². The molecule has 1 aliphatic heterocycles. The van der Waals surface area contributed by atoms with Crippen molar-refractivity contribution in [1.29, 1.82) is 0 Å². The Bertz CT molecular complexity index is 1650. The van der Waals surface area contributed by atoms with Crippen molar-refractivity contribution in [3.8, 4) is 0 Å². The molecule has 2 unspecified atom stereocenters. The number of aliphatic imine (C=N–C) groups is 1. The molecule has 4 amide bonds. The highest BCUT2D eigenvalue weighted by atomic mass is 16.5. The van der Waals surface area contributed by atoms with Gasteiger partial charge in [-0.3, -0.25) is 23.9 Å².